The highest BCUT2D eigenvalue weighted by Crippen LogP contribution is 2.19. The van der Waals surface area contributed by atoms with Crippen molar-refractivity contribution in [2.24, 2.45) is 11.7 Å². The second-order valence-corrected chi connectivity index (χ2v) is 4.83. The minimum atomic E-state index is 0. The van der Waals surface area contributed by atoms with Gasteiger partial charge in [0.05, 0.1) is 0 Å². The number of phenolic OH excluding ortho intramolecular Hbond substituents is 1. The van der Waals surface area contributed by atoms with Crippen LogP contribution in [-0.2, 0) is 6.54 Å². The zero-order valence-electron chi connectivity index (χ0n) is 10.2. The smallest absolute Gasteiger partial charge is 0.115 e. The Morgan fingerprint density at radius 1 is 1.47 bits per heavy atom. The molecule has 0 bridgehead atoms. The lowest BCUT2D eigenvalue weighted by molar-refractivity contribution is 0.157. The van der Waals surface area contributed by atoms with Crippen LogP contribution in [0, 0.1) is 5.92 Å². The summed E-state index contributed by atoms with van der Waals surface area (Å²) in [6.07, 6.45) is 1.07. The summed E-state index contributed by atoms with van der Waals surface area (Å²) in [5.74, 6) is 0.908. The topological polar surface area (TPSA) is 49.5 Å². The largest absolute Gasteiger partial charge is 0.508 e. The van der Waals surface area contributed by atoms with Gasteiger partial charge in [0.1, 0.15) is 5.75 Å². The van der Waals surface area contributed by atoms with Crippen LogP contribution in [0.5, 0.6) is 5.75 Å². The quantitative estimate of drug-likeness (QED) is 0.851. The summed E-state index contributed by atoms with van der Waals surface area (Å²) in [5, 5.41) is 9.40. The molecule has 96 valence electrons. The van der Waals surface area contributed by atoms with Crippen LogP contribution < -0.4 is 5.73 Å². The van der Waals surface area contributed by atoms with E-state index in [2.05, 4.69) is 17.9 Å². The Morgan fingerprint density at radius 3 is 2.88 bits per heavy atom. The van der Waals surface area contributed by atoms with E-state index in [1.807, 2.05) is 12.1 Å². The molecule has 0 aromatic heterocycles. The van der Waals surface area contributed by atoms with Gasteiger partial charge in [0.25, 0.3) is 0 Å². The molecule has 0 saturated carbocycles. The molecule has 1 aliphatic heterocycles. The Balaban J connectivity index is 0.00000144. The maximum atomic E-state index is 9.40. The van der Waals surface area contributed by atoms with Gasteiger partial charge in [-0.15, -0.1) is 12.4 Å². The van der Waals surface area contributed by atoms with Crippen LogP contribution in [0.2, 0.25) is 0 Å². The molecule has 2 rings (SSSR count). The zero-order chi connectivity index (χ0) is 11.5. The van der Waals surface area contributed by atoms with E-state index in [1.165, 1.54) is 5.56 Å². The van der Waals surface area contributed by atoms with Gasteiger partial charge in [-0.2, -0.15) is 0 Å². The average molecular weight is 257 g/mol. The first-order chi connectivity index (χ1) is 7.65. The number of aromatic hydroxyl groups is 1. The molecule has 3 N–H and O–H groups in total. The molecule has 1 aliphatic rings. The zero-order valence-corrected chi connectivity index (χ0v) is 11.0. The first-order valence-electron chi connectivity index (χ1n) is 5.91. The van der Waals surface area contributed by atoms with E-state index >= 15 is 0 Å². The van der Waals surface area contributed by atoms with Gasteiger partial charge in [0.15, 0.2) is 0 Å². The molecule has 4 heteroatoms. The number of phenols is 1. The fourth-order valence-electron chi connectivity index (χ4n) is 2.31. The van der Waals surface area contributed by atoms with Crippen molar-refractivity contribution in [2.45, 2.75) is 25.9 Å². The van der Waals surface area contributed by atoms with Crippen LogP contribution in [-0.4, -0.2) is 29.1 Å². The highest BCUT2D eigenvalue weighted by Gasteiger charge is 2.22. The number of hydrogen-bond donors (Lipinski definition) is 2. The van der Waals surface area contributed by atoms with Crippen molar-refractivity contribution in [1.82, 2.24) is 4.90 Å². The van der Waals surface area contributed by atoms with Crippen LogP contribution >= 0.6 is 12.4 Å². The lowest BCUT2D eigenvalue weighted by Gasteiger charge is -2.35. The van der Waals surface area contributed by atoms with Gasteiger partial charge < -0.3 is 10.8 Å². The van der Waals surface area contributed by atoms with Crippen LogP contribution in [0.1, 0.15) is 18.9 Å². The van der Waals surface area contributed by atoms with Gasteiger partial charge in [0, 0.05) is 19.1 Å². The summed E-state index contributed by atoms with van der Waals surface area (Å²) < 4.78 is 0. The number of nitrogens with zero attached hydrogens (tertiary/aromatic N) is 1. The van der Waals surface area contributed by atoms with Gasteiger partial charge in [0.2, 0.25) is 0 Å². The molecule has 0 amide bonds. The first-order valence-corrected chi connectivity index (χ1v) is 5.91. The summed E-state index contributed by atoms with van der Waals surface area (Å²) in [7, 11) is 0. The van der Waals surface area contributed by atoms with Crippen molar-refractivity contribution >= 4 is 12.4 Å². The standard InChI is InChI=1S/C13H20N2O.ClH/c1-10-8-15(6-5-13(10)14)9-11-3-2-4-12(16)7-11;/h2-4,7,10,13,16H,5-6,8-9,14H2,1H3;1H. The van der Waals surface area contributed by atoms with E-state index in [-0.39, 0.29) is 12.4 Å². The molecule has 0 aliphatic carbocycles. The molecular formula is C13H21ClN2O. The Hall–Kier alpha value is -0.770. The van der Waals surface area contributed by atoms with E-state index in [9.17, 15) is 5.11 Å². The predicted octanol–water partition coefficient (Wildman–Crippen LogP) is 1.98. The molecule has 1 heterocycles. The fourth-order valence-corrected chi connectivity index (χ4v) is 2.31. The fraction of sp³-hybridized carbons (Fsp3) is 0.538. The molecule has 3 nitrogen and oxygen atoms in total. The van der Waals surface area contributed by atoms with Crippen LogP contribution in [0.15, 0.2) is 24.3 Å². The molecule has 1 fully saturated rings. The third-order valence-electron chi connectivity index (χ3n) is 3.37. The van der Waals surface area contributed by atoms with Gasteiger partial charge in [-0.3, -0.25) is 4.90 Å². The van der Waals surface area contributed by atoms with Crippen molar-refractivity contribution in [3.05, 3.63) is 29.8 Å². The maximum absolute atomic E-state index is 9.40. The van der Waals surface area contributed by atoms with E-state index in [0.29, 0.717) is 17.7 Å². The summed E-state index contributed by atoms with van der Waals surface area (Å²) in [4.78, 5) is 2.41. The first kappa shape index (κ1) is 14.3. The molecule has 0 radical (unpaired) electrons. The number of hydrogen-bond acceptors (Lipinski definition) is 3. The molecule has 2 atom stereocenters. The Bertz CT molecular complexity index is 359. The normalized spacial score (nSPS) is 25.3. The van der Waals surface area contributed by atoms with Crippen LogP contribution in [0.25, 0.3) is 0 Å². The lowest BCUT2D eigenvalue weighted by atomic mass is 9.94. The number of benzene rings is 1. The molecule has 1 saturated heterocycles. The van der Waals surface area contributed by atoms with Crippen LogP contribution in [0.3, 0.4) is 0 Å². The maximum Gasteiger partial charge on any atom is 0.115 e. The number of likely N-dealkylation sites (tertiary alicyclic amines) is 1. The lowest BCUT2D eigenvalue weighted by Crippen LogP contribution is -2.45. The minimum absolute atomic E-state index is 0. The van der Waals surface area contributed by atoms with Crippen molar-refractivity contribution in [2.75, 3.05) is 13.1 Å². The summed E-state index contributed by atoms with van der Waals surface area (Å²) >= 11 is 0. The van der Waals surface area contributed by atoms with E-state index in [0.717, 1.165) is 26.1 Å². The monoisotopic (exact) mass is 256 g/mol. The molecule has 2 unspecified atom stereocenters. The molecule has 1 aromatic rings. The number of nitrogens with two attached hydrogens (primary N) is 1. The third-order valence-corrected chi connectivity index (χ3v) is 3.37. The number of piperidine rings is 1. The van der Waals surface area contributed by atoms with Gasteiger partial charge in [-0.05, 0) is 36.6 Å². The van der Waals surface area contributed by atoms with Crippen molar-refractivity contribution in [1.29, 1.82) is 0 Å². The van der Waals surface area contributed by atoms with Gasteiger partial charge in [-0.25, -0.2) is 0 Å². The molecule has 1 aromatic carbocycles. The molecule has 17 heavy (non-hydrogen) atoms. The minimum Gasteiger partial charge on any atom is -0.508 e. The van der Waals surface area contributed by atoms with Crippen LogP contribution in [0.4, 0.5) is 0 Å². The predicted molar refractivity (Wildman–Crippen MR) is 72.4 cm³/mol. The Kier molecular flexibility index (Phi) is 5.25. The Morgan fingerprint density at radius 2 is 2.24 bits per heavy atom. The molecular weight excluding hydrogens is 236 g/mol. The third kappa shape index (κ3) is 3.87. The van der Waals surface area contributed by atoms with Crippen molar-refractivity contribution in [3.8, 4) is 5.75 Å². The van der Waals surface area contributed by atoms with Crippen molar-refractivity contribution < 1.29 is 5.11 Å². The SMILES string of the molecule is CC1CN(Cc2cccc(O)c2)CCC1N.Cl. The van der Waals surface area contributed by atoms with Crippen molar-refractivity contribution in [3.63, 3.8) is 0 Å². The second kappa shape index (κ2) is 6.24. The summed E-state index contributed by atoms with van der Waals surface area (Å²) in [6, 6.07) is 7.83. The molecule has 0 spiro atoms. The Labute approximate surface area is 109 Å². The van der Waals surface area contributed by atoms with Gasteiger partial charge >= 0.3 is 0 Å². The summed E-state index contributed by atoms with van der Waals surface area (Å²) in [5.41, 5.74) is 7.16. The van der Waals surface area contributed by atoms with E-state index < -0.39 is 0 Å². The summed E-state index contributed by atoms with van der Waals surface area (Å²) in [6.45, 7) is 5.22. The number of rotatable bonds is 2. The van der Waals surface area contributed by atoms with E-state index in [1.54, 1.807) is 6.07 Å². The van der Waals surface area contributed by atoms with E-state index in [4.69, 9.17) is 5.73 Å². The average Bonchev–Trinajstić information content (AvgIpc) is 2.24. The van der Waals surface area contributed by atoms with Gasteiger partial charge in [-0.1, -0.05) is 19.1 Å². The highest BCUT2D eigenvalue weighted by molar-refractivity contribution is 5.85. The highest BCUT2D eigenvalue weighted by atomic mass is 35.5. The number of halogens is 1. The second-order valence-electron chi connectivity index (χ2n) is 4.83.